The monoisotopic (exact) mass is 151 g/mol. The van der Waals surface area contributed by atoms with Gasteiger partial charge in [0.2, 0.25) is 0 Å². The van der Waals surface area contributed by atoms with Crippen LogP contribution in [0, 0.1) is 11.3 Å². The Labute approximate surface area is 65.0 Å². The van der Waals surface area contributed by atoms with Gasteiger partial charge in [-0.15, -0.1) is 0 Å². The predicted molar refractivity (Wildman–Crippen MR) is 38.6 cm³/mol. The molecule has 0 fully saturated rings. The molecule has 1 heterocycles. The first kappa shape index (κ1) is 7.76. The topological polar surface area (TPSA) is 50.8 Å². The molecule has 1 atom stereocenters. The summed E-state index contributed by atoms with van der Waals surface area (Å²) in [6.45, 7) is 0. The minimum atomic E-state index is -0.512. The van der Waals surface area contributed by atoms with Crippen molar-refractivity contribution in [1.29, 1.82) is 5.26 Å². The quantitative estimate of drug-likeness (QED) is 0.623. The highest BCUT2D eigenvalue weighted by Crippen LogP contribution is 2.12. The van der Waals surface area contributed by atoms with Crippen molar-refractivity contribution in [2.45, 2.75) is 6.10 Å². The summed E-state index contributed by atoms with van der Waals surface area (Å²) in [5.74, 6) is 0. The van der Waals surface area contributed by atoms with Crippen molar-refractivity contribution in [2.75, 3.05) is 7.11 Å². The van der Waals surface area contributed by atoms with E-state index in [0.717, 1.165) is 5.69 Å². The fourth-order valence-electron chi connectivity index (χ4n) is 0.860. The molecular weight excluding hydrogens is 142 g/mol. The van der Waals surface area contributed by atoms with Crippen molar-refractivity contribution in [2.24, 2.45) is 7.05 Å². The Balaban J connectivity index is 2.92. The highest BCUT2D eigenvalue weighted by Gasteiger charge is 2.11. The standard InChI is InChI=1S/C7H9N3O/c1-10-5-9-4-6(10)7(3-8)11-2/h4-5,7H,1-2H3. The van der Waals surface area contributed by atoms with Gasteiger partial charge in [-0.05, 0) is 0 Å². The van der Waals surface area contributed by atoms with Crippen LogP contribution >= 0.6 is 0 Å². The van der Waals surface area contributed by atoms with Gasteiger partial charge in [-0.3, -0.25) is 0 Å². The van der Waals surface area contributed by atoms with Crippen molar-refractivity contribution in [1.82, 2.24) is 9.55 Å². The van der Waals surface area contributed by atoms with Gasteiger partial charge in [0, 0.05) is 14.2 Å². The molecule has 0 radical (unpaired) electrons. The summed E-state index contributed by atoms with van der Waals surface area (Å²) in [5.41, 5.74) is 0.773. The number of hydrogen-bond donors (Lipinski definition) is 0. The van der Waals surface area contributed by atoms with Crippen LogP contribution in [0.15, 0.2) is 12.5 Å². The van der Waals surface area contributed by atoms with Gasteiger partial charge < -0.3 is 9.30 Å². The Morgan fingerprint density at radius 2 is 2.55 bits per heavy atom. The van der Waals surface area contributed by atoms with Crippen LogP contribution in [0.3, 0.4) is 0 Å². The average Bonchev–Trinajstić information content (AvgIpc) is 2.40. The van der Waals surface area contributed by atoms with E-state index in [1.54, 1.807) is 17.1 Å². The normalized spacial score (nSPS) is 12.5. The molecule has 0 aliphatic heterocycles. The summed E-state index contributed by atoms with van der Waals surface area (Å²) < 4.78 is 6.66. The third kappa shape index (κ3) is 1.38. The minimum Gasteiger partial charge on any atom is -0.360 e. The minimum absolute atomic E-state index is 0.512. The van der Waals surface area contributed by atoms with E-state index in [-0.39, 0.29) is 0 Å². The van der Waals surface area contributed by atoms with Gasteiger partial charge >= 0.3 is 0 Å². The largest absolute Gasteiger partial charge is 0.360 e. The molecule has 4 nitrogen and oxygen atoms in total. The summed E-state index contributed by atoms with van der Waals surface area (Å²) >= 11 is 0. The van der Waals surface area contributed by atoms with Gasteiger partial charge in [-0.2, -0.15) is 5.26 Å². The van der Waals surface area contributed by atoms with Crippen LogP contribution < -0.4 is 0 Å². The van der Waals surface area contributed by atoms with Crippen LogP contribution in [-0.4, -0.2) is 16.7 Å². The number of methoxy groups -OCH3 is 1. The molecular formula is C7H9N3O. The molecule has 1 aromatic heterocycles. The van der Waals surface area contributed by atoms with Crippen molar-refractivity contribution < 1.29 is 4.74 Å². The Hall–Kier alpha value is -1.34. The molecule has 4 heteroatoms. The predicted octanol–water partition coefficient (Wildman–Crippen LogP) is 0.631. The molecule has 0 spiro atoms. The molecule has 0 bridgehead atoms. The van der Waals surface area contributed by atoms with Crippen LogP contribution in [0.5, 0.6) is 0 Å². The van der Waals surface area contributed by atoms with Gasteiger partial charge in [-0.1, -0.05) is 0 Å². The number of nitriles is 1. The third-order valence-electron chi connectivity index (χ3n) is 1.48. The second-order valence-corrected chi connectivity index (χ2v) is 2.17. The van der Waals surface area contributed by atoms with Crippen LogP contribution in [-0.2, 0) is 11.8 Å². The number of ether oxygens (including phenoxy) is 1. The lowest BCUT2D eigenvalue weighted by Crippen LogP contribution is -2.03. The zero-order valence-corrected chi connectivity index (χ0v) is 6.48. The van der Waals surface area contributed by atoms with Crippen LogP contribution in [0.1, 0.15) is 11.8 Å². The van der Waals surface area contributed by atoms with E-state index in [9.17, 15) is 0 Å². The highest BCUT2D eigenvalue weighted by atomic mass is 16.5. The first-order valence-corrected chi connectivity index (χ1v) is 3.18. The van der Waals surface area contributed by atoms with Gasteiger partial charge in [0.05, 0.1) is 18.2 Å². The zero-order valence-electron chi connectivity index (χ0n) is 6.48. The van der Waals surface area contributed by atoms with E-state index in [4.69, 9.17) is 10.00 Å². The van der Waals surface area contributed by atoms with Gasteiger partial charge in [0.25, 0.3) is 0 Å². The molecule has 0 saturated heterocycles. The second kappa shape index (κ2) is 3.17. The number of aromatic nitrogens is 2. The lowest BCUT2D eigenvalue weighted by Gasteiger charge is -2.05. The van der Waals surface area contributed by atoms with Crippen LogP contribution in [0.25, 0.3) is 0 Å². The highest BCUT2D eigenvalue weighted by molar-refractivity contribution is 5.10. The maximum absolute atomic E-state index is 8.61. The Bertz CT molecular complexity index is 273. The fourth-order valence-corrected chi connectivity index (χ4v) is 0.860. The molecule has 1 aromatic rings. The molecule has 0 amide bonds. The maximum Gasteiger partial charge on any atom is 0.184 e. The maximum atomic E-state index is 8.61. The van der Waals surface area contributed by atoms with E-state index in [1.165, 1.54) is 7.11 Å². The molecule has 0 aromatic carbocycles. The van der Waals surface area contributed by atoms with Gasteiger partial charge in [0.15, 0.2) is 6.10 Å². The number of nitrogens with zero attached hydrogens (tertiary/aromatic N) is 3. The summed E-state index contributed by atoms with van der Waals surface area (Å²) in [6, 6.07) is 2.01. The van der Waals surface area contributed by atoms with E-state index in [0.29, 0.717) is 0 Å². The first-order valence-electron chi connectivity index (χ1n) is 3.18. The average molecular weight is 151 g/mol. The Morgan fingerprint density at radius 3 is 2.91 bits per heavy atom. The third-order valence-corrected chi connectivity index (χ3v) is 1.48. The molecule has 0 N–H and O–H groups in total. The number of imidazole rings is 1. The Kier molecular flexibility index (Phi) is 2.24. The number of hydrogen-bond acceptors (Lipinski definition) is 3. The first-order chi connectivity index (χ1) is 5.29. The van der Waals surface area contributed by atoms with Crippen molar-refractivity contribution in [3.05, 3.63) is 18.2 Å². The SMILES string of the molecule is COC(C#N)c1cncn1C. The summed E-state index contributed by atoms with van der Waals surface area (Å²) in [4.78, 5) is 3.87. The van der Waals surface area contributed by atoms with Crippen molar-refractivity contribution >= 4 is 0 Å². The zero-order chi connectivity index (χ0) is 8.27. The number of aryl methyl sites for hydroxylation is 1. The molecule has 1 rings (SSSR count). The van der Waals surface area contributed by atoms with E-state index < -0.39 is 6.10 Å². The lowest BCUT2D eigenvalue weighted by atomic mass is 10.3. The van der Waals surface area contributed by atoms with Crippen molar-refractivity contribution in [3.8, 4) is 6.07 Å². The second-order valence-electron chi connectivity index (χ2n) is 2.17. The lowest BCUT2D eigenvalue weighted by molar-refractivity contribution is 0.142. The Morgan fingerprint density at radius 1 is 1.82 bits per heavy atom. The van der Waals surface area contributed by atoms with E-state index in [2.05, 4.69) is 4.98 Å². The molecule has 1 unspecified atom stereocenters. The fraction of sp³-hybridized carbons (Fsp3) is 0.429. The molecule has 0 aliphatic rings. The summed E-state index contributed by atoms with van der Waals surface area (Å²) in [6.07, 6.45) is 2.75. The van der Waals surface area contributed by atoms with E-state index >= 15 is 0 Å². The van der Waals surface area contributed by atoms with Crippen LogP contribution in [0.2, 0.25) is 0 Å². The van der Waals surface area contributed by atoms with E-state index in [1.807, 2.05) is 13.1 Å². The summed E-state index contributed by atoms with van der Waals surface area (Å²) in [7, 11) is 3.33. The molecule has 58 valence electrons. The number of rotatable bonds is 2. The van der Waals surface area contributed by atoms with Crippen LogP contribution in [0.4, 0.5) is 0 Å². The smallest absolute Gasteiger partial charge is 0.184 e. The molecule has 11 heavy (non-hydrogen) atoms. The van der Waals surface area contributed by atoms with Gasteiger partial charge in [-0.25, -0.2) is 4.98 Å². The summed E-state index contributed by atoms with van der Waals surface area (Å²) in [5, 5.41) is 8.61. The molecule has 0 aliphatic carbocycles. The van der Waals surface area contributed by atoms with Gasteiger partial charge in [0.1, 0.15) is 6.07 Å². The van der Waals surface area contributed by atoms with Crippen molar-refractivity contribution in [3.63, 3.8) is 0 Å². The molecule has 0 saturated carbocycles.